The number of sulfonamides is 1. The number of hydrogen-bond acceptors (Lipinski definition) is 4. The summed E-state index contributed by atoms with van der Waals surface area (Å²) in [5, 5.41) is 3.15. The molecule has 5 nitrogen and oxygen atoms in total. The van der Waals surface area contributed by atoms with E-state index in [2.05, 4.69) is 5.32 Å². The molecule has 0 spiro atoms. The minimum Gasteiger partial charge on any atom is -0.377 e. The average molecular weight is 248 g/mol. The van der Waals surface area contributed by atoms with E-state index in [1.807, 2.05) is 6.92 Å². The van der Waals surface area contributed by atoms with Gasteiger partial charge >= 0.3 is 0 Å². The lowest BCUT2D eigenvalue weighted by atomic mass is 10.2. The molecule has 2 atom stereocenters. The Labute approximate surface area is 97.2 Å². The van der Waals surface area contributed by atoms with E-state index in [0.29, 0.717) is 13.1 Å². The SMILES string of the molecule is CC1CNCCS(=O)(=O)N1CC1CCCO1. The fraction of sp³-hybridized carbons (Fsp3) is 1.00. The summed E-state index contributed by atoms with van der Waals surface area (Å²) in [6.07, 6.45) is 2.12. The van der Waals surface area contributed by atoms with Crippen LogP contribution in [0.3, 0.4) is 0 Å². The Balaban J connectivity index is 2.07. The van der Waals surface area contributed by atoms with Gasteiger partial charge in [0.05, 0.1) is 11.9 Å². The van der Waals surface area contributed by atoms with Crippen molar-refractivity contribution in [3.8, 4) is 0 Å². The zero-order valence-electron chi connectivity index (χ0n) is 9.68. The van der Waals surface area contributed by atoms with Gasteiger partial charge in [0.15, 0.2) is 0 Å². The van der Waals surface area contributed by atoms with E-state index in [1.54, 1.807) is 4.31 Å². The minimum atomic E-state index is -3.11. The zero-order valence-corrected chi connectivity index (χ0v) is 10.5. The normalized spacial score (nSPS) is 36.1. The van der Waals surface area contributed by atoms with Gasteiger partial charge in [0.2, 0.25) is 10.0 Å². The van der Waals surface area contributed by atoms with Crippen LogP contribution in [0.1, 0.15) is 19.8 Å². The van der Waals surface area contributed by atoms with Gasteiger partial charge in [-0.15, -0.1) is 0 Å². The van der Waals surface area contributed by atoms with Gasteiger partial charge in [-0.1, -0.05) is 0 Å². The molecule has 0 aliphatic carbocycles. The highest BCUT2D eigenvalue weighted by molar-refractivity contribution is 7.89. The summed E-state index contributed by atoms with van der Waals surface area (Å²) in [5.41, 5.74) is 0. The quantitative estimate of drug-likeness (QED) is 0.734. The summed E-state index contributed by atoms with van der Waals surface area (Å²) in [7, 11) is -3.11. The second-order valence-electron chi connectivity index (χ2n) is 4.57. The van der Waals surface area contributed by atoms with Gasteiger partial charge in [-0.05, 0) is 19.8 Å². The Bertz CT molecular complexity index is 325. The summed E-state index contributed by atoms with van der Waals surface area (Å²) in [6.45, 7) is 4.52. The highest BCUT2D eigenvalue weighted by Gasteiger charge is 2.32. The molecule has 6 heteroatoms. The molecule has 0 saturated carbocycles. The standard InChI is InChI=1S/C10H20N2O3S/c1-9-7-11-4-6-16(13,14)12(9)8-10-3-2-5-15-10/h9-11H,2-8H2,1H3. The molecule has 2 heterocycles. The second kappa shape index (κ2) is 5.00. The van der Waals surface area contributed by atoms with Gasteiger partial charge in [0.1, 0.15) is 0 Å². The lowest BCUT2D eigenvalue weighted by Gasteiger charge is -2.27. The summed E-state index contributed by atoms with van der Waals surface area (Å²) < 4.78 is 31.2. The van der Waals surface area contributed by atoms with E-state index in [-0.39, 0.29) is 17.9 Å². The molecule has 2 aliphatic heterocycles. The van der Waals surface area contributed by atoms with Crippen molar-refractivity contribution < 1.29 is 13.2 Å². The van der Waals surface area contributed by atoms with Crippen molar-refractivity contribution in [2.75, 3.05) is 32.0 Å². The molecule has 94 valence electrons. The molecule has 0 radical (unpaired) electrons. The molecule has 2 rings (SSSR count). The van der Waals surface area contributed by atoms with E-state index in [0.717, 1.165) is 26.0 Å². The molecule has 0 amide bonds. The van der Waals surface area contributed by atoms with E-state index in [9.17, 15) is 8.42 Å². The fourth-order valence-corrected chi connectivity index (χ4v) is 3.94. The number of rotatable bonds is 2. The maximum atomic E-state index is 12.0. The minimum absolute atomic E-state index is 0.0247. The molecular weight excluding hydrogens is 228 g/mol. The molecule has 2 unspecified atom stereocenters. The fourth-order valence-electron chi connectivity index (χ4n) is 2.29. The third kappa shape index (κ3) is 2.74. The Hall–Kier alpha value is -0.170. The monoisotopic (exact) mass is 248 g/mol. The van der Waals surface area contributed by atoms with Crippen molar-refractivity contribution in [3.63, 3.8) is 0 Å². The van der Waals surface area contributed by atoms with Crippen LogP contribution >= 0.6 is 0 Å². The van der Waals surface area contributed by atoms with Crippen molar-refractivity contribution in [1.29, 1.82) is 0 Å². The third-order valence-corrected chi connectivity index (χ3v) is 5.18. The van der Waals surface area contributed by atoms with Crippen molar-refractivity contribution in [1.82, 2.24) is 9.62 Å². The smallest absolute Gasteiger partial charge is 0.215 e. The Morgan fingerprint density at radius 1 is 1.50 bits per heavy atom. The largest absolute Gasteiger partial charge is 0.377 e. The van der Waals surface area contributed by atoms with Crippen LogP contribution in [-0.2, 0) is 14.8 Å². The Morgan fingerprint density at radius 3 is 3.00 bits per heavy atom. The zero-order chi connectivity index (χ0) is 11.6. The molecule has 0 bridgehead atoms. The first-order chi connectivity index (χ1) is 7.59. The molecule has 2 fully saturated rings. The summed E-state index contributed by atoms with van der Waals surface area (Å²) in [4.78, 5) is 0. The predicted molar refractivity (Wildman–Crippen MR) is 61.8 cm³/mol. The van der Waals surface area contributed by atoms with Gasteiger partial charge in [-0.25, -0.2) is 8.42 Å². The van der Waals surface area contributed by atoms with Gasteiger partial charge in [-0.3, -0.25) is 0 Å². The van der Waals surface area contributed by atoms with E-state index >= 15 is 0 Å². The van der Waals surface area contributed by atoms with Crippen molar-refractivity contribution in [2.24, 2.45) is 0 Å². The lowest BCUT2D eigenvalue weighted by Crippen LogP contribution is -2.44. The van der Waals surface area contributed by atoms with Gasteiger partial charge in [-0.2, -0.15) is 4.31 Å². The molecule has 2 saturated heterocycles. The molecule has 0 aromatic carbocycles. The van der Waals surface area contributed by atoms with Crippen LogP contribution in [0.4, 0.5) is 0 Å². The van der Waals surface area contributed by atoms with E-state index in [4.69, 9.17) is 4.74 Å². The maximum Gasteiger partial charge on any atom is 0.215 e. The summed E-state index contributed by atoms with van der Waals surface area (Å²) in [5.74, 6) is 0.198. The average Bonchev–Trinajstić information content (AvgIpc) is 2.69. The maximum absolute atomic E-state index is 12.0. The van der Waals surface area contributed by atoms with E-state index < -0.39 is 10.0 Å². The molecule has 0 aromatic rings. The van der Waals surface area contributed by atoms with Crippen LogP contribution in [0.15, 0.2) is 0 Å². The van der Waals surface area contributed by atoms with Crippen LogP contribution < -0.4 is 5.32 Å². The molecule has 16 heavy (non-hydrogen) atoms. The third-order valence-electron chi connectivity index (χ3n) is 3.23. The predicted octanol–water partition coefficient (Wildman–Crippen LogP) is -0.211. The number of ether oxygens (including phenoxy) is 1. The summed E-state index contributed by atoms with van der Waals surface area (Å²) >= 11 is 0. The molecule has 1 N–H and O–H groups in total. The molecular formula is C10H20N2O3S. The first-order valence-corrected chi connectivity index (χ1v) is 7.52. The molecule has 0 aromatic heterocycles. The topological polar surface area (TPSA) is 58.6 Å². The number of nitrogens with one attached hydrogen (secondary N) is 1. The van der Waals surface area contributed by atoms with Gasteiger partial charge in [0, 0.05) is 32.3 Å². The van der Waals surface area contributed by atoms with E-state index in [1.165, 1.54) is 0 Å². The van der Waals surface area contributed by atoms with Crippen molar-refractivity contribution in [3.05, 3.63) is 0 Å². The lowest BCUT2D eigenvalue weighted by molar-refractivity contribution is 0.0878. The van der Waals surface area contributed by atoms with Crippen LogP contribution in [-0.4, -0.2) is 56.9 Å². The first-order valence-electron chi connectivity index (χ1n) is 5.91. The molecule has 2 aliphatic rings. The van der Waals surface area contributed by atoms with Crippen LogP contribution in [0, 0.1) is 0 Å². The van der Waals surface area contributed by atoms with Crippen molar-refractivity contribution >= 4 is 10.0 Å². The van der Waals surface area contributed by atoms with Gasteiger partial charge in [0.25, 0.3) is 0 Å². The second-order valence-corrected chi connectivity index (χ2v) is 6.61. The van der Waals surface area contributed by atoms with Crippen LogP contribution in [0.25, 0.3) is 0 Å². The Morgan fingerprint density at radius 2 is 2.31 bits per heavy atom. The first kappa shape index (κ1) is 12.3. The highest BCUT2D eigenvalue weighted by atomic mass is 32.2. The highest BCUT2D eigenvalue weighted by Crippen LogP contribution is 2.18. The Kier molecular flexibility index (Phi) is 3.84. The summed E-state index contributed by atoms with van der Waals surface area (Å²) in [6, 6.07) is 0.0247. The van der Waals surface area contributed by atoms with Crippen LogP contribution in [0.2, 0.25) is 0 Å². The number of nitrogens with zero attached hydrogens (tertiary/aromatic N) is 1. The van der Waals surface area contributed by atoms with Crippen molar-refractivity contribution in [2.45, 2.75) is 31.9 Å². The van der Waals surface area contributed by atoms with Gasteiger partial charge < -0.3 is 10.1 Å². The van der Waals surface area contributed by atoms with Crippen LogP contribution in [0.5, 0.6) is 0 Å². The number of hydrogen-bond donors (Lipinski definition) is 1.